The molecule has 134 valence electrons. The Morgan fingerprint density at radius 1 is 1.52 bits per heavy atom. The van der Waals surface area contributed by atoms with Crippen LogP contribution in [0.25, 0.3) is 0 Å². The van der Waals surface area contributed by atoms with Crippen molar-refractivity contribution in [3.05, 3.63) is 22.7 Å². The first-order chi connectivity index (χ1) is 11.9. The Kier molecular flexibility index (Phi) is 4.06. The maximum absolute atomic E-state index is 12.2. The van der Waals surface area contributed by atoms with Gasteiger partial charge in [-0.15, -0.1) is 11.3 Å². The van der Waals surface area contributed by atoms with Crippen LogP contribution in [0.3, 0.4) is 0 Å². The zero-order valence-corrected chi connectivity index (χ0v) is 15.4. The van der Waals surface area contributed by atoms with Crippen molar-refractivity contribution in [2.24, 2.45) is 17.3 Å². The quantitative estimate of drug-likeness (QED) is 0.647. The first-order valence-corrected chi connectivity index (χ1v) is 9.67. The summed E-state index contributed by atoms with van der Waals surface area (Å²) >= 11 is 1.38. The second-order valence-electron chi connectivity index (χ2n) is 7.66. The Morgan fingerprint density at radius 3 is 3.04 bits per heavy atom. The molecule has 3 aliphatic carbocycles. The van der Waals surface area contributed by atoms with Crippen LogP contribution in [0.2, 0.25) is 0 Å². The number of amides is 2. The Balaban J connectivity index is 1.30. The number of allylic oxidation sites excluding steroid dienone is 1. The zero-order chi connectivity index (χ0) is 17.6. The van der Waals surface area contributed by atoms with Gasteiger partial charge in [0.25, 0.3) is 0 Å². The topological polar surface area (TPSA) is 71.5 Å². The van der Waals surface area contributed by atoms with Crippen LogP contribution in [0.4, 0.5) is 9.93 Å². The van der Waals surface area contributed by atoms with Crippen molar-refractivity contribution in [3.63, 3.8) is 0 Å². The van der Waals surface area contributed by atoms with Gasteiger partial charge >= 0.3 is 12.0 Å². The molecule has 25 heavy (non-hydrogen) atoms. The van der Waals surface area contributed by atoms with Crippen molar-refractivity contribution in [1.29, 1.82) is 0 Å². The van der Waals surface area contributed by atoms with Crippen LogP contribution < -0.4 is 10.2 Å². The van der Waals surface area contributed by atoms with Crippen molar-refractivity contribution in [2.75, 3.05) is 24.6 Å². The van der Waals surface area contributed by atoms with Gasteiger partial charge in [-0.05, 0) is 35.7 Å². The molecule has 2 bridgehead atoms. The summed E-state index contributed by atoms with van der Waals surface area (Å²) in [6, 6.07) is -0.130. The summed E-state index contributed by atoms with van der Waals surface area (Å²) in [5, 5.41) is 5.20. The summed E-state index contributed by atoms with van der Waals surface area (Å²) in [6.07, 6.45) is 4.73. The van der Waals surface area contributed by atoms with Crippen LogP contribution >= 0.6 is 11.3 Å². The lowest BCUT2D eigenvalue weighted by Gasteiger charge is -2.56. The highest BCUT2D eigenvalue weighted by molar-refractivity contribution is 7.14. The number of esters is 1. The van der Waals surface area contributed by atoms with Gasteiger partial charge < -0.3 is 10.1 Å². The molecule has 1 aromatic rings. The molecule has 1 N–H and O–H groups in total. The fourth-order valence-electron chi connectivity index (χ4n) is 4.16. The average molecular weight is 361 g/mol. The second-order valence-corrected chi connectivity index (χ2v) is 8.50. The number of fused-ring (bicyclic) bond motifs is 1. The standard InChI is InChI=1S/C18H23N3O3S/c1-18(2)12-4-3-11(14(18)7-12)9-24-15(22)8-13-10-25-17(20-13)21-6-5-19-16(21)23/h3,10,12,14H,4-9H2,1-2H3,(H,19,23)/t12-,14-/m0/s1. The Morgan fingerprint density at radius 2 is 2.36 bits per heavy atom. The first kappa shape index (κ1) is 16.6. The van der Waals surface area contributed by atoms with E-state index in [1.54, 1.807) is 4.90 Å². The molecule has 2 amide bonds. The summed E-state index contributed by atoms with van der Waals surface area (Å²) in [5.41, 5.74) is 2.27. The molecule has 5 rings (SSSR count). The third kappa shape index (κ3) is 2.94. The van der Waals surface area contributed by atoms with Gasteiger partial charge in [0, 0.05) is 18.5 Å². The molecule has 0 radical (unpaired) electrons. The van der Waals surface area contributed by atoms with Crippen LogP contribution in [0.1, 0.15) is 32.4 Å². The highest BCUT2D eigenvalue weighted by Gasteiger charge is 2.51. The van der Waals surface area contributed by atoms with E-state index in [0.717, 1.165) is 12.3 Å². The van der Waals surface area contributed by atoms with Crippen molar-refractivity contribution in [3.8, 4) is 0 Å². The Labute approximate surface area is 151 Å². The largest absolute Gasteiger partial charge is 0.461 e. The van der Waals surface area contributed by atoms with Gasteiger partial charge in [-0.3, -0.25) is 9.69 Å². The summed E-state index contributed by atoms with van der Waals surface area (Å²) < 4.78 is 5.49. The first-order valence-electron chi connectivity index (χ1n) is 8.79. The highest BCUT2D eigenvalue weighted by Crippen LogP contribution is 2.59. The van der Waals surface area contributed by atoms with E-state index in [2.05, 4.69) is 30.2 Å². The summed E-state index contributed by atoms with van der Waals surface area (Å²) in [5.74, 6) is 1.08. The zero-order valence-electron chi connectivity index (χ0n) is 14.6. The molecule has 1 saturated carbocycles. The molecule has 4 aliphatic rings. The van der Waals surface area contributed by atoms with Crippen LogP contribution in [0.5, 0.6) is 0 Å². The number of hydrogen-bond donors (Lipinski definition) is 1. The number of rotatable bonds is 5. The van der Waals surface area contributed by atoms with Crippen LogP contribution in [0.15, 0.2) is 17.0 Å². The summed E-state index contributed by atoms with van der Waals surface area (Å²) in [4.78, 5) is 29.8. The molecule has 0 spiro atoms. The predicted octanol–water partition coefficient (Wildman–Crippen LogP) is 2.75. The highest BCUT2D eigenvalue weighted by atomic mass is 32.1. The Hall–Kier alpha value is -1.89. The van der Waals surface area contributed by atoms with E-state index in [1.807, 2.05) is 5.38 Å². The number of nitrogens with zero attached hydrogens (tertiary/aromatic N) is 2. The van der Waals surface area contributed by atoms with Crippen LogP contribution in [-0.2, 0) is 16.0 Å². The molecule has 1 aliphatic heterocycles. The lowest BCUT2D eigenvalue weighted by molar-refractivity contribution is -0.142. The minimum Gasteiger partial charge on any atom is -0.461 e. The maximum atomic E-state index is 12.2. The summed E-state index contributed by atoms with van der Waals surface area (Å²) in [6.45, 7) is 6.26. The number of carbonyl (C=O) groups excluding carboxylic acids is 2. The van der Waals surface area contributed by atoms with E-state index < -0.39 is 0 Å². The number of thiazole rings is 1. The number of urea groups is 1. The van der Waals surface area contributed by atoms with Crippen LogP contribution in [0, 0.1) is 17.3 Å². The van der Waals surface area contributed by atoms with Gasteiger partial charge in [-0.1, -0.05) is 19.9 Å². The second kappa shape index (κ2) is 6.12. The third-order valence-corrected chi connectivity index (χ3v) is 6.85. The van der Waals surface area contributed by atoms with Crippen molar-refractivity contribution in [1.82, 2.24) is 10.3 Å². The molecule has 1 aromatic heterocycles. The van der Waals surface area contributed by atoms with E-state index in [9.17, 15) is 9.59 Å². The molecular formula is C18H23N3O3S. The van der Waals surface area contributed by atoms with E-state index in [1.165, 1.54) is 23.3 Å². The molecule has 2 heterocycles. The maximum Gasteiger partial charge on any atom is 0.323 e. The number of aromatic nitrogens is 1. The number of carbonyl (C=O) groups is 2. The molecule has 0 aromatic carbocycles. The van der Waals surface area contributed by atoms with Gasteiger partial charge in [0.2, 0.25) is 0 Å². The van der Waals surface area contributed by atoms with E-state index in [4.69, 9.17) is 4.74 Å². The number of hydrogen-bond acceptors (Lipinski definition) is 5. The molecular weight excluding hydrogens is 338 g/mol. The van der Waals surface area contributed by atoms with E-state index in [-0.39, 0.29) is 18.4 Å². The fraction of sp³-hybridized carbons (Fsp3) is 0.611. The van der Waals surface area contributed by atoms with Crippen molar-refractivity contribution >= 4 is 28.5 Å². The molecule has 2 fully saturated rings. The van der Waals surface area contributed by atoms with Gasteiger partial charge in [0.15, 0.2) is 5.13 Å². The van der Waals surface area contributed by atoms with E-state index in [0.29, 0.717) is 41.9 Å². The smallest absolute Gasteiger partial charge is 0.323 e. The van der Waals surface area contributed by atoms with Crippen LogP contribution in [-0.4, -0.2) is 36.7 Å². The number of nitrogens with one attached hydrogen (secondary N) is 1. The van der Waals surface area contributed by atoms with E-state index >= 15 is 0 Å². The normalized spacial score (nSPS) is 26.7. The predicted molar refractivity (Wildman–Crippen MR) is 95.6 cm³/mol. The minimum atomic E-state index is -0.261. The van der Waals surface area contributed by atoms with Crippen molar-refractivity contribution in [2.45, 2.75) is 33.1 Å². The SMILES string of the molecule is CC1(C)[C@H]2CC=C(COC(=O)Cc3csc(N4CCNC4=O)n3)[C@@H]1C2. The average Bonchev–Trinajstić information content (AvgIpc) is 3.21. The van der Waals surface area contributed by atoms with Gasteiger partial charge in [-0.2, -0.15) is 0 Å². The Bertz CT molecular complexity index is 740. The number of ether oxygens (including phenoxy) is 1. The molecule has 7 heteroatoms. The monoisotopic (exact) mass is 361 g/mol. The van der Waals surface area contributed by atoms with Crippen molar-refractivity contribution < 1.29 is 14.3 Å². The molecule has 0 unspecified atom stereocenters. The number of anilines is 1. The lowest BCUT2D eigenvalue weighted by atomic mass is 9.49. The molecule has 2 atom stereocenters. The molecule has 1 saturated heterocycles. The molecule has 6 nitrogen and oxygen atoms in total. The third-order valence-electron chi connectivity index (χ3n) is 5.94. The minimum absolute atomic E-state index is 0.130. The van der Waals surface area contributed by atoms with Gasteiger partial charge in [0.1, 0.15) is 6.61 Å². The van der Waals surface area contributed by atoms with Gasteiger partial charge in [-0.25, -0.2) is 9.78 Å². The summed E-state index contributed by atoms with van der Waals surface area (Å²) in [7, 11) is 0. The lowest BCUT2D eigenvalue weighted by Crippen LogP contribution is -2.48. The fourth-order valence-corrected chi connectivity index (χ4v) is 5.01. The van der Waals surface area contributed by atoms with Gasteiger partial charge in [0.05, 0.1) is 12.1 Å².